The van der Waals surface area contributed by atoms with Gasteiger partial charge in [0.25, 0.3) is 0 Å². The van der Waals surface area contributed by atoms with Crippen LogP contribution in [0.15, 0.2) is 0 Å². The number of nitriles is 1. The van der Waals surface area contributed by atoms with Crippen LogP contribution < -0.4 is 0 Å². The monoisotopic (exact) mass is 224 g/mol. The van der Waals surface area contributed by atoms with Crippen molar-refractivity contribution in [2.45, 2.75) is 0 Å². The predicted octanol–water partition coefficient (Wildman–Crippen LogP) is 3.05. The first-order valence-corrected chi connectivity index (χ1v) is 3.81. The normalized spacial score (nSPS) is 9.58. The van der Waals surface area contributed by atoms with Crippen molar-refractivity contribution in [2.24, 2.45) is 0 Å². The van der Waals surface area contributed by atoms with Crippen molar-refractivity contribution < 1.29 is 4.39 Å². The molecule has 0 saturated heterocycles. The average molecular weight is 225 g/mol. The molecule has 0 unspecified atom stereocenters. The third-order valence-corrected chi connectivity index (χ3v) is 2.10. The van der Waals surface area contributed by atoms with Crippen LogP contribution in [0.3, 0.4) is 0 Å². The molecule has 0 atom stereocenters. The molecule has 1 rings (SSSR count). The number of aromatic nitrogens is 1. The molecule has 0 aromatic carbocycles. The maximum absolute atomic E-state index is 13.0. The molecule has 0 amide bonds. The zero-order valence-electron chi connectivity index (χ0n) is 5.41. The summed E-state index contributed by atoms with van der Waals surface area (Å²) in [5.41, 5.74) is -0.397. The van der Waals surface area contributed by atoms with Gasteiger partial charge in [-0.1, -0.05) is 34.8 Å². The van der Waals surface area contributed by atoms with Gasteiger partial charge in [0.15, 0.2) is 16.1 Å². The molecule has 0 N–H and O–H groups in total. The van der Waals surface area contributed by atoms with Gasteiger partial charge in [0.2, 0.25) is 0 Å². The Labute approximate surface area is 82.5 Å². The fraction of sp³-hybridized carbons (Fsp3) is 0. The van der Waals surface area contributed by atoms with Crippen LogP contribution >= 0.6 is 34.8 Å². The van der Waals surface area contributed by atoms with Gasteiger partial charge in [-0.05, 0) is 0 Å². The lowest BCUT2D eigenvalue weighted by molar-refractivity contribution is 0.622. The van der Waals surface area contributed by atoms with Crippen LogP contribution in [0, 0.1) is 17.1 Å². The van der Waals surface area contributed by atoms with E-state index in [4.69, 9.17) is 40.1 Å². The van der Waals surface area contributed by atoms with Crippen LogP contribution in [0.25, 0.3) is 0 Å². The van der Waals surface area contributed by atoms with Crippen molar-refractivity contribution in [1.82, 2.24) is 4.98 Å². The summed E-state index contributed by atoms with van der Waals surface area (Å²) in [4.78, 5) is 3.44. The topological polar surface area (TPSA) is 36.7 Å². The molecule has 0 spiro atoms. The fourth-order valence-electron chi connectivity index (χ4n) is 0.577. The number of pyridine rings is 1. The molecule has 2 nitrogen and oxygen atoms in total. The van der Waals surface area contributed by atoms with Crippen molar-refractivity contribution in [1.29, 1.82) is 5.26 Å². The summed E-state index contributed by atoms with van der Waals surface area (Å²) >= 11 is 16.1. The largest absolute Gasteiger partial charge is 0.221 e. The minimum atomic E-state index is -0.941. The first-order valence-electron chi connectivity index (χ1n) is 2.68. The van der Waals surface area contributed by atoms with Crippen molar-refractivity contribution in [3.05, 3.63) is 26.7 Å². The van der Waals surface area contributed by atoms with Gasteiger partial charge in [-0.3, -0.25) is 0 Å². The Balaban J connectivity index is 3.54. The lowest BCUT2D eigenvalue weighted by atomic mass is 10.3. The van der Waals surface area contributed by atoms with E-state index in [1.165, 1.54) is 6.07 Å². The van der Waals surface area contributed by atoms with E-state index in [0.29, 0.717) is 0 Å². The second kappa shape index (κ2) is 3.44. The maximum atomic E-state index is 13.0. The Morgan fingerprint density at radius 3 is 2.33 bits per heavy atom. The highest BCUT2D eigenvalue weighted by atomic mass is 35.5. The number of halogens is 4. The number of nitrogens with zero attached hydrogens (tertiary/aromatic N) is 2. The smallest absolute Gasteiger partial charge is 0.165 e. The number of hydrogen-bond acceptors (Lipinski definition) is 2. The summed E-state index contributed by atoms with van der Waals surface area (Å²) in [5.74, 6) is -0.941. The third kappa shape index (κ3) is 1.46. The lowest BCUT2D eigenvalue weighted by Crippen LogP contribution is -1.91. The van der Waals surface area contributed by atoms with E-state index in [9.17, 15) is 4.39 Å². The minimum absolute atomic E-state index is 0.252. The van der Waals surface area contributed by atoms with Gasteiger partial charge in [-0.2, -0.15) is 5.26 Å². The van der Waals surface area contributed by atoms with Crippen molar-refractivity contribution in [2.75, 3.05) is 0 Å². The summed E-state index contributed by atoms with van der Waals surface area (Å²) in [6, 6.07) is 1.52. The Morgan fingerprint density at radius 1 is 1.25 bits per heavy atom. The summed E-state index contributed by atoms with van der Waals surface area (Å²) in [5, 5.41) is 7.47. The molecule has 1 aromatic rings. The summed E-state index contributed by atoms with van der Waals surface area (Å²) in [7, 11) is 0. The molecular formula is C6Cl3FN2. The van der Waals surface area contributed by atoms with Crippen LogP contribution in [0.2, 0.25) is 15.3 Å². The van der Waals surface area contributed by atoms with Crippen LogP contribution in [0.5, 0.6) is 0 Å². The van der Waals surface area contributed by atoms with Gasteiger partial charge in [0, 0.05) is 0 Å². The molecule has 0 radical (unpaired) electrons. The Bertz CT molecular complexity index is 372. The fourth-order valence-corrected chi connectivity index (χ4v) is 1.13. The van der Waals surface area contributed by atoms with Crippen LogP contribution in [-0.4, -0.2) is 4.98 Å². The summed E-state index contributed by atoms with van der Waals surface area (Å²) in [6.07, 6.45) is 0. The van der Waals surface area contributed by atoms with E-state index in [1.54, 1.807) is 0 Å². The lowest BCUT2D eigenvalue weighted by Gasteiger charge is -1.99. The molecule has 0 bridgehead atoms. The van der Waals surface area contributed by atoms with Gasteiger partial charge < -0.3 is 0 Å². The molecule has 1 heterocycles. The SMILES string of the molecule is N#Cc1c(Cl)nc(Cl)c(Cl)c1F. The maximum Gasteiger partial charge on any atom is 0.165 e. The van der Waals surface area contributed by atoms with Gasteiger partial charge in [-0.25, -0.2) is 9.37 Å². The zero-order valence-corrected chi connectivity index (χ0v) is 7.67. The van der Waals surface area contributed by atoms with E-state index < -0.39 is 16.4 Å². The van der Waals surface area contributed by atoms with E-state index in [-0.39, 0.29) is 10.3 Å². The quantitative estimate of drug-likeness (QED) is 0.636. The molecule has 0 saturated carbocycles. The predicted molar refractivity (Wildman–Crippen MR) is 43.9 cm³/mol. The molecule has 12 heavy (non-hydrogen) atoms. The van der Waals surface area contributed by atoms with E-state index in [2.05, 4.69) is 4.98 Å². The van der Waals surface area contributed by atoms with Crippen LogP contribution in [-0.2, 0) is 0 Å². The van der Waals surface area contributed by atoms with Crippen LogP contribution in [0.4, 0.5) is 4.39 Å². The molecular weight excluding hydrogens is 225 g/mol. The third-order valence-electron chi connectivity index (χ3n) is 1.11. The van der Waals surface area contributed by atoms with Crippen molar-refractivity contribution in [3.8, 4) is 6.07 Å². The highest BCUT2D eigenvalue weighted by Gasteiger charge is 2.15. The first kappa shape index (κ1) is 9.53. The summed E-state index contributed by atoms with van der Waals surface area (Å²) < 4.78 is 13.0. The van der Waals surface area contributed by atoms with Crippen molar-refractivity contribution >= 4 is 34.8 Å². The molecule has 62 valence electrons. The highest BCUT2D eigenvalue weighted by Crippen LogP contribution is 2.28. The molecule has 1 aromatic heterocycles. The number of rotatable bonds is 0. The van der Waals surface area contributed by atoms with Crippen molar-refractivity contribution in [3.63, 3.8) is 0 Å². The van der Waals surface area contributed by atoms with Crippen LogP contribution in [0.1, 0.15) is 5.56 Å². The van der Waals surface area contributed by atoms with Gasteiger partial charge in [0.05, 0.1) is 0 Å². The Morgan fingerprint density at radius 2 is 1.83 bits per heavy atom. The highest BCUT2D eigenvalue weighted by molar-refractivity contribution is 6.42. The standard InChI is InChI=1S/C6Cl3FN2/c7-3-4(10)2(1-11)5(8)12-6(3)9. The minimum Gasteiger partial charge on any atom is -0.221 e. The summed E-state index contributed by atoms with van der Waals surface area (Å²) in [6.45, 7) is 0. The second-order valence-electron chi connectivity index (χ2n) is 1.81. The Kier molecular flexibility index (Phi) is 2.73. The molecule has 0 aliphatic rings. The van der Waals surface area contributed by atoms with E-state index in [1.807, 2.05) is 0 Å². The van der Waals surface area contributed by atoms with E-state index >= 15 is 0 Å². The Hall–Kier alpha value is -0.560. The van der Waals surface area contributed by atoms with Gasteiger partial charge in [0.1, 0.15) is 16.7 Å². The first-order chi connectivity index (χ1) is 5.57. The second-order valence-corrected chi connectivity index (χ2v) is 2.90. The molecule has 6 heteroatoms. The average Bonchev–Trinajstić information content (AvgIpc) is 2.01. The number of hydrogen-bond donors (Lipinski definition) is 0. The molecule has 0 aliphatic heterocycles. The van der Waals surface area contributed by atoms with Gasteiger partial charge in [-0.15, -0.1) is 0 Å². The molecule has 0 fully saturated rings. The zero-order chi connectivity index (χ0) is 9.30. The van der Waals surface area contributed by atoms with E-state index in [0.717, 1.165) is 0 Å². The van der Waals surface area contributed by atoms with Gasteiger partial charge >= 0.3 is 0 Å². The molecule has 0 aliphatic carbocycles.